The maximum absolute atomic E-state index is 12.1. The fourth-order valence-electron chi connectivity index (χ4n) is 3.41. The number of nitrogens with one attached hydrogen (secondary N) is 3. The van der Waals surface area contributed by atoms with Gasteiger partial charge in [-0.15, -0.1) is 0 Å². The molecule has 1 amide bonds. The minimum Gasteiger partial charge on any atom is -0.366 e. The number of likely N-dealkylation sites (N-methyl/N-ethyl adjacent to an activating group) is 1. The first-order valence-corrected chi connectivity index (χ1v) is 10.4. The second-order valence-corrected chi connectivity index (χ2v) is 8.20. The molecule has 3 rings (SSSR count). The second kappa shape index (κ2) is 10.4. The van der Waals surface area contributed by atoms with Crippen LogP contribution < -0.4 is 16.0 Å². The zero-order chi connectivity index (χ0) is 21.5. The molecular weight excluding hydrogens is 404 g/mol. The van der Waals surface area contributed by atoms with Crippen LogP contribution in [0.2, 0.25) is 5.02 Å². The van der Waals surface area contributed by atoms with E-state index in [9.17, 15) is 4.79 Å². The van der Waals surface area contributed by atoms with E-state index in [1.165, 1.54) is 0 Å². The van der Waals surface area contributed by atoms with Gasteiger partial charge in [-0.05, 0) is 39.8 Å². The van der Waals surface area contributed by atoms with Crippen molar-refractivity contribution in [2.24, 2.45) is 7.05 Å². The molecule has 2 atom stereocenters. The quantitative estimate of drug-likeness (QED) is 0.551. The number of hydrogen-bond acceptors (Lipinski definition) is 7. The lowest BCUT2D eigenvalue weighted by Gasteiger charge is -2.30. The summed E-state index contributed by atoms with van der Waals surface area (Å²) in [5.41, 5.74) is 0.800. The van der Waals surface area contributed by atoms with Gasteiger partial charge < -0.3 is 20.9 Å². The minimum absolute atomic E-state index is 0.0504. The van der Waals surface area contributed by atoms with Crippen molar-refractivity contribution in [3.05, 3.63) is 35.8 Å². The fraction of sp³-hybridized carbons (Fsp3) is 0.500. The van der Waals surface area contributed by atoms with Crippen LogP contribution >= 0.6 is 11.6 Å². The summed E-state index contributed by atoms with van der Waals surface area (Å²) in [6.45, 7) is 0.740. The third-order valence-corrected chi connectivity index (χ3v) is 5.08. The van der Waals surface area contributed by atoms with Crippen LogP contribution in [0.1, 0.15) is 25.7 Å². The Kier molecular flexibility index (Phi) is 7.64. The van der Waals surface area contributed by atoms with Crippen molar-refractivity contribution in [1.82, 2.24) is 30.0 Å². The van der Waals surface area contributed by atoms with Gasteiger partial charge in [-0.3, -0.25) is 9.48 Å². The van der Waals surface area contributed by atoms with Crippen molar-refractivity contribution >= 4 is 35.0 Å². The topological polar surface area (TPSA) is 100 Å². The molecule has 0 aromatic carbocycles. The third-order valence-electron chi connectivity index (χ3n) is 4.81. The van der Waals surface area contributed by atoms with Crippen molar-refractivity contribution < 1.29 is 4.79 Å². The Morgan fingerprint density at radius 1 is 1.33 bits per heavy atom. The van der Waals surface area contributed by atoms with Crippen LogP contribution in [0.15, 0.2) is 30.7 Å². The molecular formula is C20H29ClN8O. The summed E-state index contributed by atoms with van der Waals surface area (Å²) in [5, 5.41) is 14.2. The molecule has 1 fully saturated rings. The maximum atomic E-state index is 12.1. The maximum Gasteiger partial charge on any atom is 0.243 e. The summed E-state index contributed by atoms with van der Waals surface area (Å²) in [6.07, 6.45) is 12.4. The van der Waals surface area contributed by atoms with E-state index in [0.717, 1.165) is 37.9 Å². The monoisotopic (exact) mass is 432 g/mol. The fourth-order valence-corrected chi connectivity index (χ4v) is 3.55. The molecule has 1 aliphatic carbocycles. The molecule has 9 nitrogen and oxygen atoms in total. The van der Waals surface area contributed by atoms with E-state index in [-0.39, 0.29) is 18.0 Å². The number of anilines is 3. The molecule has 2 aromatic heterocycles. The van der Waals surface area contributed by atoms with Gasteiger partial charge in [0, 0.05) is 37.9 Å². The Labute approximate surface area is 181 Å². The first kappa shape index (κ1) is 22.0. The van der Waals surface area contributed by atoms with Gasteiger partial charge in [0.1, 0.15) is 5.02 Å². The SMILES string of the molecule is CN(C)CC=CC(=O)NC1CCCC(Nc2nc(Nc3cnn(C)c3)ncc2Cl)C1. The van der Waals surface area contributed by atoms with Gasteiger partial charge in [0.05, 0.1) is 18.1 Å². The molecule has 2 aromatic rings. The highest BCUT2D eigenvalue weighted by molar-refractivity contribution is 6.32. The van der Waals surface area contributed by atoms with Crippen molar-refractivity contribution in [2.45, 2.75) is 37.8 Å². The van der Waals surface area contributed by atoms with Crippen LogP contribution in [-0.2, 0) is 11.8 Å². The molecule has 10 heteroatoms. The Balaban J connectivity index is 1.57. The van der Waals surface area contributed by atoms with E-state index < -0.39 is 0 Å². The van der Waals surface area contributed by atoms with Gasteiger partial charge in [0.15, 0.2) is 5.82 Å². The van der Waals surface area contributed by atoms with Crippen LogP contribution in [0.3, 0.4) is 0 Å². The molecule has 0 spiro atoms. The van der Waals surface area contributed by atoms with E-state index in [4.69, 9.17) is 11.6 Å². The van der Waals surface area contributed by atoms with Crippen LogP contribution in [0.5, 0.6) is 0 Å². The smallest absolute Gasteiger partial charge is 0.243 e. The van der Waals surface area contributed by atoms with Gasteiger partial charge in [0.25, 0.3) is 0 Å². The number of nitrogens with zero attached hydrogens (tertiary/aromatic N) is 5. The second-order valence-electron chi connectivity index (χ2n) is 7.80. The summed E-state index contributed by atoms with van der Waals surface area (Å²) < 4.78 is 1.70. The average molecular weight is 433 g/mol. The molecule has 2 unspecified atom stereocenters. The van der Waals surface area contributed by atoms with Gasteiger partial charge in [-0.25, -0.2) is 4.98 Å². The largest absolute Gasteiger partial charge is 0.366 e. The minimum atomic E-state index is -0.0504. The van der Waals surface area contributed by atoms with E-state index in [1.54, 1.807) is 23.2 Å². The van der Waals surface area contributed by atoms with Crippen LogP contribution in [0, 0.1) is 0 Å². The van der Waals surface area contributed by atoms with Gasteiger partial charge in [-0.2, -0.15) is 10.1 Å². The number of halogens is 1. The van der Waals surface area contributed by atoms with E-state index in [2.05, 4.69) is 31.0 Å². The molecule has 30 heavy (non-hydrogen) atoms. The molecule has 0 aliphatic heterocycles. The van der Waals surface area contributed by atoms with Gasteiger partial charge in [0.2, 0.25) is 11.9 Å². The van der Waals surface area contributed by atoms with E-state index in [1.807, 2.05) is 38.3 Å². The predicted octanol–water partition coefficient (Wildman–Crippen LogP) is 2.56. The Morgan fingerprint density at radius 2 is 2.13 bits per heavy atom. The van der Waals surface area contributed by atoms with Gasteiger partial charge >= 0.3 is 0 Å². The number of rotatable bonds is 8. The van der Waals surface area contributed by atoms with Crippen molar-refractivity contribution in [2.75, 3.05) is 31.3 Å². The summed E-state index contributed by atoms with van der Waals surface area (Å²) in [4.78, 5) is 22.9. The molecule has 0 radical (unpaired) electrons. The zero-order valence-corrected chi connectivity index (χ0v) is 18.4. The zero-order valence-electron chi connectivity index (χ0n) is 17.6. The number of carbonyl (C=O) groups excluding carboxylic acids is 1. The molecule has 3 N–H and O–H groups in total. The lowest BCUT2D eigenvalue weighted by atomic mass is 9.91. The summed E-state index contributed by atoms with van der Waals surface area (Å²) in [5.74, 6) is 0.980. The number of carbonyl (C=O) groups is 1. The number of amides is 1. The average Bonchev–Trinajstić information content (AvgIpc) is 3.09. The lowest BCUT2D eigenvalue weighted by molar-refractivity contribution is -0.117. The van der Waals surface area contributed by atoms with Crippen molar-refractivity contribution in [1.29, 1.82) is 0 Å². The summed E-state index contributed by atoms with van der Waals surface area (Å²) in [7, 11) is 5.78. The molecule has 0 bridgehead atoms. The molecule has 2 heterocycles. The lowest BCUT2D eigenvalue weighted by Crippen LogP contribution is -2.41. The van der Waals surface area contributed by atoms with Gasteiger partial charge in [-0.1, -0.05) is 17.7 Å². The van der Waals surface area contributed by atoms with Crippen molar-refractivity contribution in [3.63, 3.8) is 0 Å². The molecule has 162 valence electrons. The van der Waals surface area contributed by atoms with Crippen LogP contribution in [0.25, 0.3) is 0 Å². The first-order chi connectivity index (χ1) is 14.4. The summed E-state index contributed by atoms with van der Waals surface area (Å²) in [6, 6.07) is 0.301. The Morgan fingerprint density at radius 3 is 2.87 bits per heavy atom. The van der Waals surface area contributed by atoms with E-state index in [0.29, 0.717) is 16.8 Å². The first-order valence-electron chi connectivity index (χ1n) is 10.1. The van der Waals surface area contributed by atoms with Crippen LogP contribution in [-0.4, -0.2) is 63.3 Å². The van der Waals surface area contributed by atoms with E-state index >= 15 is 0 Å². The highest BCUT2D eigenvalue weighted by Crippen LogP contribution is 2.26. The number of aryl methyl sites for hydroxylation is 1. The van der Waals surface area contributed by atoms with Crippen molar-refractivity contribution in [3.8, 4) is 0 Å². The Bertz CT molecular complexity index is 881. The standard InChI is InChI=1S/C20H29ClN8O/c1-28(2)9-5-8-18(30)24-14-6-4-7-15(10-14)25-19-17(21)12-22-20(27-19)26-16-11-23-29(3)13-16/h5,8,11-15H,4,6-7,9-10H2,1-3H3,(H,24,30)(H2,22,25,26,27). The molecule has 1 saturated carbocycles. The summed E-state index contributed by atoms with van der Waals surface area (Å²) >= 11 is 6.31. The third kappa shape index (κ3) is 6.70. The highest BCUT2D eigenvalue weighted by atomic mass is 35.5. The highest BCUT2D eigenvalue weighted by Gasteiger charge is 2.24. The molecule has 1 aliphatic rings. The number of aromatic nitrogens is 4. The Hall–Kier alpha value is -2.65. The molecule has 0 saturated heterocycles. The van der Waals surface area contributed by atoms with Crippen LogP contribution in [0.4, 0.5) is 17.5 Å². The number of hydrogen-bond donors (Lipinski definition) is 3. The predicted molar refractivity (Wildman–Crippen MR) is 119 cm³/mol. The normalized spacial score (nSPS) is 19.2.